The lowest BCUT2D eigenvalue weighted by Gasteiger charge is -2.38. The molecule has 4 nitrogen and oxygen atoms in total. The van der Waals surface area contributed by atoms with Crippen LogP contribution in [-0.4, -0.2) is 34.7 Å². The Morgan fingerprint density at radius 2 is 1.58 bits per heavy atom. The second kappa shape index (κ2) is 12.7. The van der Waals surface area contributed by atoms with Crippen LogP contribution in [0.15, 0.2) is 109 Å². The Morgan fingerprint density at radius 3 is 2.30 bits per heavy atom. The van der Waals surface area contributed by atoms with Crippen molar-refractivity contribution in [1.82, 2.24) is 9.80 Å². The lowest BCUT2D eigenvalue weighted by Crippen LogP contribution is -2.46. The summed E-state index contributed by atoms with van der Waals surface area (Å²) in [6, 6.07) is 30.2. The summed E-state index contributed by atoms with van der Waals surface area (Å²) in [7, 11) is 0. The van der Waals surface area contributed by atoms with Crippen molar-refractivity contribution in [3.63, 3.8) is 0 Å². The van der Waals surface area contributed by atoms with Crippen LogP contribution in [0, 0.1) is 5.82 Å². The maximum absolute atomic E-state index is 14.1. The summed E-state index contributed by atoms with van der Waals surface area (Å²) in [5.41, 5.74) is 5.03. The van der Waals surface area contributed by atoms with E-state index >= 15 is 0 Å². The molecule has 43 heavy (non-hydrogen) atoms. The van der Waals surface area contributed by atoms with Gasteiger partial charge in [0.25, 0.3) is 5.91 Å². The van der Waals surface area contributed by atoms with Crippen molar-refractivity contribution in [3.8, 4) is 11.1 Å². The van der Waals surface area contributed by atoms with Crippen molar-refractivity contribution in [1.29, 1.82) is 0 Å². The molecular formula is C35H27Cl2FN2O2S. The highest BCUT2D eigenvalue weighted by molar-refractivity contribution is 7.10. The van der Waals surface area contributed by atoms with Crippen LogP contribution in [0.5, 0.6) is 0 Å². The first-order valence-corrected chi connectivity index (χ1v) is 15.5. The molecule has 0 fully saturated rings. The number of benzene rings is 4. The minimum Gasteiger partial charge on any atom is -0.330 e. The topological polar surface area (TPSA) is 40.6 Å². The number of carbonyl (C=O) groups is 2. The van der Waals surface area contributed by atoms with E-state index in [1.165, 1.54) is 21.9 Å². The first kappa shape index (κ1) is 29.1. The molecule has 0 bridgehead atoms. The lowest BCUT2D eigenvalue weighted by atomic mass is 9.93. The van der Waals surface area contributed by atoms with Crippen molar-refractivity contribution in [2.75, 3.05) is 13.1 Å². The molecule has 0 saturated carbocycles. The van der Waals surface area contributed by atoms with Crippen LogP contribution in [0.4, 0.5) is 4.39 Å². The minimum atomic E-state index is -0.403. The Labute approximate surface area is 263 Å². The van der Waals surface area contributed by atoms with E-state index in [1.54, 1.807) is 52.6 Å². The fraction of sp³-hybridized carbons (Fsp3) is 0.143. The largest absolute Gasteiger partial charge is 0.330 e. The minimum absolute atomic E-state index is 0.148. The van der Waals surface area contributed by atoms with Gasteiger partial charge in [-0.15, -0.1) is 11.3 Å². The number of halogens is 3. The van der Waals surface area contributed by atoms with E-state index in [-0.39, 0.29) is 30.7 Å². The summed E-state index contributed by atoms with van der Waals surface area (Å²) in [6.45, 7) is 0.480. The van der Waals surface area contributed by atoms with Crippen molar-refractivity contribution in [3.05, 3.63) is 152 Å². The van der Waals surface area contributed by atoms with Gasteiger partial charge in [0.15, 0.2) is 0 Å². The third kappa shape index (κ3) is 6.37. The summed E-state index contributed by atoms with van der Waals surface area (Å²) in [5, 5.41) is 3.02. The summed E-state index contributed by atoms with van der Waals surface area (Å²) < 4.78 is 13.7. The Morgan fingerprint density at radius 1 is 0.860 bits per heavy atom. The van der Waals surface area contributed by atoms with Crippen LogP contribution in [-0.2, 0) is 17.8 Å². The molecule has 2 amide bonds. The van der Waals surface area contributed by atoms with E-state index < -0.39 is 6.04 Å². The predicted molar refractivity (Wildman–Crippen MR) is 171 cm³/mol. The fourth-order valence-electron chi connectivity index (χ4n) is 5.53. The smallest absolute Gasteiger partial charge is 0.254 e. The molecule has 216 valence electrons. The van der Waals surface area contributed by atoms with Gasteiger partial charge in [-0.1, -0.05) is 83.9 Å². The normalized spacial score (nSPS) is 14.3. The predicted octanol–water partition coefficient (Wildman–Crippen LogP) is 8.68. The highest BCUT2D eigenvalue weighted by atomic mass is 35.5. The van der Waals surface area contributed by atoms with Gasteiger partial charge in [0.1, 0.15) is 12.4 Å². The first-order chi connectivity index (χ1) is 20.9. The maximum Gasteiger partial charge on any atom is 0.254 e. The standard InChI is InChI=1S/C35H27Cl2FN2O2S/c36-27-12-15-29(31(37)20-27)34-30-17-19-43-32(30)16-18-40(34)33(41)22-39(21-23-6-13-28(38)14-7-23)35(42)26-10-8-25(9-11-26)24-4-2-1-3-5-24/h1-15,17,19-20,34H,16,18,21-22H2/t34-/m1/s1. The van der Waals surface area contributed by atoms with E-state index in [9.17, 15) is 14.0 Å². The van der Waals surface area contributed by atoms with Crippen LogP contribution in [0.3, 0.4) is 0 Å². The van der Waals surface area contributed by atoms with E-state index in [1.807, 2.05) is 60.0 Å². The SMILES string of the molecule is O=C(c1ccc(-c2ccccc2)cc1)N(CC(=O)N1CCc2sccc2[C@H]1c1ccc(Cl)cc1Cl)Cc1ccc(F)cc1. The Kier molecular flexibility index (Phi) is 8.61. The van der Waals surface area contributed by atoms with Gasteiger partial charge in [0.05, 0.1) is 6.04 Å². The molecule has 1 atom stereocenters. The van der Waals surface area contributed by atoms with E-state index in [2.05, 4.69) is 0 Å². The molecule has 1 aliphatic heterocycles. The molecule has 0 spiro atoms. The molecule has 2 heterocycles. The molecule has 0 aliphatic carbocycles. The number of hydrogen-bond donors (Lipinski definition) is 0. The summed E-state index contributed by atoms with van der Waals surface area (Å²) in [5.74, 6) is -0.854. The zero-order valence-corrected chi connectivity index (χ0v) is 25.4. The van der Waals surface area contributed by atoms with Crippen LogP contribution in [0.25, 0.3) is 11.1 Å². The number of thiophene rings is 1. The van der Waals surface area contributed by atoms with Gasteiger partial charge in [0, 0.05) is 33.6 Å². The molecule has 1 aliphatic rings. The highest BCUT2D eigenvalue weighted by Crippen LogP contribution is 2.41. The third-order valence-corrected chi connectivity index (χ3v) is 9.24. The molecular weight excluding hydrogens is 602 g/mol. The number of carbonyl (C=O) groups excluding carboxylic acids is 2. The van der Waals surface area contributed by atoms with Crippen molar-refractivity contribution < 1.29 is 14.0 Å². The van der Waals surface area contributed by atoms with Gasteiger partial charge in [-0.05, 0) is 82.1 Å². The summed E-state index contributed by atoms with van der Waals surface area (Å²) in [6.07, 6.45) is 0.716. The molecule has 0 saturated heterocycles. The molecule has 4 aromatic carbocycles. The van der Waals surface area contributed by atoms with Gasteiger partial charge in [0.2, 0.25) is 5.91 Å². The van der Waals surface area contributed by atoms with E-state index in [0.29, 0.717) is 28.6 Å². The average Bonchev–Trinajstić information content (AvgIpc) is 3.51. The van der Waals surface area contributed by atoms with Gasteiger partial charge < -0.3 is 9.80 Å². The van der Waals surface area contributed by atoms with Gasteiger partial charge in [-0.3, -0.25) is 9.59 Å². The van der Waals surface area contributed by atoms with Crippen molar-refractivity contribution >= 4 is 46.4 Å². The molecule has 0 unspecified atom stereocenters. The molecule has 6 rings (SSSR count). The Bertz CT molecular complexity index is 1760. The van der Waals surface area contributed by atoms with E-state index in [4.69, 9.17) is 23.2 Å². The fourth-order valence-corrected chi connectivity index (χ4v) is 6.94. The first-order valence-electron chi connectivity index (χ1n) is 13.9. The number of fused-ring (bicyclic) bond motifs is 1. The van der Waals surface area contributed by atoms with Crippen LogP contribution in [0.2, 0.25) is 10.0 Å². The van der Waals surface area contributed by atoms with Crippen LogP contribution < -0.4 is 0 Å². The quantitative estimate of drug-likeness (QED) is 0.181. The molecule has 1 aromatic heterocycles. The molecule has 0 radical (unpaired) electrons. The molecule has 8 heteroatoms. The molecule has 5 aromatic rings. The zero-order chi connectivity index (χ0) is 29.9. The zero-order valence-electron chi connectivity index (χ0n) is 23.1. The van der Waals surface area contributed by atoms with Crippen LogP contribution in [0.1, 0.15) is 38.0 Å². The van der Waals surface area contributed by atoms with Crippen molar-refractivity contribution in [2.24, 2.45) is 0 Å². The van der Waals surface area contributed by atoms with E-state index in [0.717, 1.165) is 27.8 Å². The monoisotopic (exact) mass is 628 g/mol. The Balaban J connectivity index is 1.31. The van der Waals surface area contributed by atoms with Gasteiger partial charge in [-0.2, -0.15) is 0 Å². The van der Waals surface area contributed by atoms with Crippen LogP contribution >= 0.6 is 34.5 Å². The second-order valence-electron chi connectivity index (χ2n) is 10.4. The Hall–Kier alpha value is -3.97. The van der Waals surface area contributed by atoms with Crippen molar-refractivity contribution in [2.45, 2.75) is 19.0 Å². The average molecular weight is 630 g/mol. The number of hydrogen-bond acceptors (Lipinski definition) is 3. The number of nitrogens with zero attached hydrogens (tertiary/aromatic N) is 2. The van der Waals surface area contributed by atoms with Gasteiger partial charge in [-0.25, -0.2) is 4.39 Å². The summed E-state index contributed by atoms with van der Waals surface area (Å²) >= 11 is 14.5. The third-order valence-electron chi connectivity index (χ3n) is 7.68. The number of rotatable bonds is 7. The maximum atomic E-state index is 14.1. The summed E-state index contributed by atoms with van der Waals surface area (Å²) in [4.78, 5) is 32.6. The van der Waals surface area contributed by atoms with Gasteiger partial charge >= 0.3 is 0 Å². The lowest BCUT2D eigenvalue weighted by molar-refractivity contribution is -0.134. The molecule has 0 N–H and O–H groups in total. The second-order valence-corrected chi connectivity index (χ2v) is 12.3. The highest BCUT2D eigenvalue weighted by Gasteiger charge is 2.35. The number of amides is 2.